The Hall–Kier alpha value is -2.43. The molecule has 1 aliphatic heterocycles. The molecule has 1 amide bonds. The van der Waals surface area contributed by atoms with Crippen LogP contribution in [0.15, 0.2) is 42.5 Å². The number of rotatable bonds is 3. The highest BCUT2D eigenvalue weighted by Crippen LogP contribution is 2.24. The topological polar surface area (TPSA) is 29.5 Å². The fourth-order valence-electron chi connectivity index (χ4n) is 2.53. The zero-order valence-electron chi connectivity index (χ0n) is 12.1. The van der Waals surface area contributed by atoms with E-state index in [-0.39, 0.29) is 12.2 Å². The molecule has 3 rings (SSSR count). The number of cyclic esters (lactones) is 1. The van der Waals surface area contributed by atoms with Crippen molar-refractivity contribution in [1.29, 1.82) is 0 Å². The molecule has 5 heteroatoms. The molecule has 1 saturated heterocycles. The van der Waals surface area contributed by atoms with Gasteiger partial charge >= 0.3 is 6.09 Å². The number of halogens is 2. The van der Waals surface area contributed by atoms with Crippen molar-refractivity contribution >= 4 is 6.09 Å². The highest BCUT2D eigenvalue weighted by molar-refractivity contribution is 5.70. The lowest BCUT2D eigenvalue weighted by Crippen LogP contribution is -2.24. The van der Waals surface area contributed by atoms with Gasteiger partial charge in [0.1, 0.15) is 17.7 Å². The van der Waals surface area contributed by atoms with Gasteiger partial charge < -0.3 is 9.64 Å². The fourth-order valence-corrected chi connectivity index (χ4v) is 2.53. The lowest BCUT2D eigenvalue weighted by molar-refractivity contribution is 0.137. The van der Waals surface area contributed by atoms with E-state index >= 15 is 0 Å². The molecule has 0 saturated carbocycles. The number of ether oxygens (including phenoxy) is 1. The Balaban J connectivity index is 1.77. The number of hydrogen-bond donors (Lipinski definition) is 0. The summed E-state index contributed by atoms with van der Waals surface area (Å²) in [5.74, 6) is -1.19. The molecule has 0 unspecified atom stereocenters. The molecule has 0 bridgehead atoms. The molecule has 0 aliphatic carbocycles. The molecule has 1 aliphatic rings. The summed E-state index contributed by atoms with van der Waals surface area (Å²) in [6.45, 7) is 2.86. The number of amides is 1. The van der Waals surface area contributed by atoms with Gasteiger partial charge in [0.2, 0.25) is 0 Å². The fraction of sp³-hybridized carbons (Fsp3) is 0.235. The van der Waals surface area contributed by atoms with Crippen molar-refractivity contribution in [3.8, 4) is 11.1 Å². The summed E-state index contributed by atoms with van der Waals surface area (Å²) in [5, 5.41) is 0. The van der Waals surface area contributed by atoms with Crippen LogP contribution in [-0.2, 0) is 11.3 Å². The first-order valence-corrected chi connectivity index (χ1v) is 7.03. The molecule has 1 heterocycles. The lowest BCUT2D eigenvalue weighted by atomic mass is 10.0. The van der Waals surface area contributed by atoms with E-state index < -0.39 is 11.6 Å². The Bertz CT molecular complexity index is 700. The van der Waals surface area contributed by atoms with E-state index in [0.29, 0.717) is 24.2 Å². The highest BCUT2D eigenvalue weighted by atomic mass is 19.1. The Kier molecular flexibility index (Phi) is 3.79. The van der Waals surface area contributed by atoms with Crippen LogP contribution in [0.4, 0.5) is 13.6 Å². The molecule has 0 spiro atoms. The summed E-state index contributed by atoms with van der Waals surface area (Å²) in [7, 11) is 0. The van der Waals surface area contributed by atoms with Gasteiger partial charge in [-0.2, -0.15) is 0 Å². The summed E-state index contributed by atoms with van der Waals surface area (Å²) in [4.78, 5) is 13.2. The van der Waals surface area contributed by atoms with E-state index in [9.17, 15) is 13.6 Å². The summed E-state index contributed by atoms with van der Waals surface area (Å²) in [6.07, 6.45) is -0.416. The van der Waals surface area contributed by atoms with Gasteiger partial charge in [-0.1, -0.05) is 24.3 Å². The monoisotopic (exact) mass is 303 g/mol. The van der Waals surface area contributed by atoms with E-state index in [1.54, 1.807) is 17.0 Å². The van der Waals surface area contributed by atoms with Crippen molar-refractivity contribution in [2.75, 3.05) is 6.54 Å². The van der Waals surface area contributed by atoms with E-state index in [1.165, 1.54) is 12.1 Å². The molecule has 114 valence electrons. The molecule has 0 N–H and O–H groups in total. The van der Waals surface area contributed by atoms with Gasteiger partial charge in [0.05, 0.1) is 6.54 Å². The molecule has 2 aromatic rings. The van der Waals surface area contributed by atoms with E-state index in [4.69, 9.17) is 4.74 Å². The van der Waals surface area contributed by atoms with Crippen LogP contribution < -0.4 is 0 Å². The molecule has 0 aromatic heterocycles. The summed E-state index contributed by atoms with van der Waals surface area (Å²) in [5.41, 5.74) is 1.94. The molecule has 2 aromatic carbocycles. The predicted molar refractivity (Wildman–Crippen MR) is 78.1 cm³/mol. The van der Waals surface area contributed by atoms with Gasteiger partial charge in [0.15, 0.2) is 0 Å². The van der Waals surface area contributed by atoms with Crippen molar-refractivity contribution < 1.29 is 18.3 Å². The quantitative estimate of drug-likeness (QED) is 0.858. The van der Waals surface area contributed by atoms with Crippen molar-refractivity contribution in [1.82, 2.24) is 4.90 Å². The van der Waals surface area contributed by atoms with Crippen LogP contribution in [-0.4, -0.2) is 23.6 Å². The van der Waals surface area contributed by atoms with Crippen molar-refractivity contribution in [2.24, 2.45) is 0 Å². The normalized spacial score (nSPS) is 17.7. The van der Waals surface area contributed by atoms with Gasteiger partial charge in [-0.25, -0.2) is 13.6 Å². The zero-order valence-corrected chi connectivity index (χ0v) is 12.1. The standard InChI is InChI=1S/C17H15F2NO2/c1-11-9-20(17(21)22-11)10-12-2-4-13(5-3-12)15-7-6-14(18)8-16(15)19/h2-8,11H,9-10H2,1H3/t11-/m1/s1. The van der Waals surface area contributed by atoms with Crippen LogP contribution in [0.1, 0.15) is 12.5 Å². The van der Waals surface area contributed by atoms with E-state index in [2.05, 4.69) is 0 Å². The predicted octanol–water partition coefficient (Wildman–Crippen LogP) is 3.97. The maximum absolute atomic E-state index is 13.7. The maximum Gasteiger partial charge on any atom is 0.410 e. The molecule has 0 radical (unpaired) electrons. The van der Waals surface area contributed by atoms with Crippen LogP contribution in [0, 0.1) is 11.6 Å². The second kappa shape index (κ2) is 5.75. The minimum atomic E-state index is -0.598. The van der Waals surface area contributed by atoms with E-state index in [0.717, 1.165) is 11.6 Å². The number of carbonyl (C=O) groups is 1. The number of hydrogen-bond acceptors (Lipinski definition) is 2. The van der Waals surface area contributed by atoms with Crippen LogP contribution in [0.25, 0.3) is 11.1 Å². The van der Waals surface area contributed by atoms with Crippen molar-refractivity contribution in [2.45, 2.75) is 19.6 Å². The first-order chi connectivity index (χ1) is 10.5. The number of nitrogens with zero attached hydrogens (tertiary/aromatic N) is 1. The van der Waals surface area contributed by atoms with Gasteiger partial charge in [-0.3, -0.25) is 0 Å². The Morgan fingerprint density at radius 1 is 1.18 bits per heavy atom. The first-order valence-electron chi connectivity index (χ1n) is 7.03. The van der Waals surface area contributed by atoms with E-state index in [1.807, 2.05) is 19.1 Å². The van der Waals surface area contributed by atoms with Crippen LogP contribution in [0.2, 0.25) is 0 Å². The largest absolute Gasteiger partial charge is 0.444 e. The summed E-state index contributed by atoms with van der Waals surface area (Å²) >= 11 is 0. The minimum absolute atomic E-state index is 0.0971. The SMILES string of the molecule is C[C@@H]1CN(Cc2ccc(-c3ccc(F)cc3F)cc2)C(=O)O1. The second-order valence-corrected chi connectivity index (χ2v) is 5.40. The third kappa shape index (κ3) is 2.93. The van der Waals surface area contributed by atoms with Gasteiger partial charge in [-0.05, 0) is 30.2 Å². The Labute approximate surface area is 127 Å². The zero-order chi connectivity index (χ0) is 15.7. The van der Waals surface area contributed by atoms with Gasteiger partial charge in [-0.15, -0.1) is 0 Å². The first kappa shape index (κ1) is 14.5. The molecular formula is C17H15F2NO2. The van der Waals surface area contributed by atoms with Crippen molar-refractivity contribution in [3.05, 3.63) is 59.7 Å². The smallest absolute Gasteiger partial charge is 0.410 e. The molecular weight excluding hydrogens is 288 g/mol. The summed E-state index contributed by atoms with van der Waals surface area (Å²) in [6, 6.07) is 10.7. The van der Waals surface area contributed by atoms with Crippen molar-refractivity contribution in [3.63, 3.8) is 0 Å². The van der Waals surface area contributed by atoms with Crippen LogP contribution >= 0.6 is 0 Å². The molecule has 1 atom stereocenters. The average Bonchev–Trinajstić information content (AvgIpc) is 2.78. The molecule has 22 heavy (non-hydrogen) atoms. The van der Waals surface area contributed by atoms with Crippen LogP contribution in [0.5, 0.6) is 0 Å². The van der Waals surface area contributed by atoms with Crippen LogP contribution in [0.3, 0.4) is 0 Å². The van der Waals surface area contributed by atoms with Gasteiger partial charge in [0.25, 0.3) is 0 Å². The third-order valence-corrected chi connectivity index (χ3v) is 3.61. The van der Waals surface area contributed by atoms with Gasteiger partial charge in [0, 0.05) is 18.2 Å². The Morgan fingerprint density at radius 2 is 1.91 bits per heavy atom. The average molecular weight is 303 g/mol. The minimum Gasteiger partial charge on any atom is -0.444 e. The molecule has 1 fully saturated rings. The number of carbonyl (C=O) groups excluding carboxylic acids is 1. The third-order valence-electron chi connectivity index (χ3n) is 3.61. The Morgan fingerprint density at radius 3 is 2.50 bits per heavy atom. The lowest BCUT2D eigenvalue weighted by Gasteiger charge is -2.13. The highest BCUT2D eigenvalue weighted by Gasteiger charge is 2.27. The second-order valence-electron chi connectivity index (χ2n) is 5.40. The maximum atomic E-state index is 13.7. The molecule has 3 nitrogen and oxygen atoms in total. The number of benzene rings is 2. The summed E-state index contributed by atoms with van der Waals surface area (Å²) < 4.78 is 31.8.